The Balaban J connectivity index is 1.62. The van der Waals surface area contributed by atoms with Crippen LogP contribution in [0.2, 0.25) is 5.02 Å². The van der Waals surface area contributed by atoms with Crippen LogP contribution in [0.3, 0.4) is 0 Å². The third-order valence-corrected chi connectivity index (χ3v) is 5.68. The van der Waals surface area contributed by atoms with E-state index in [0.717, 1.165) is 4.90 Å². The summed E-state index contributed by atoms with van der Waals surface area (Å²) in [6, 6.07) is 20.8. The maximum Gasteiger partial charge on any atom is 0.262 e. The smallest absolute Gasteiger partial charge is 0.262 e. The number of carbonyl (C=O) groups is 4. The fraction of sp³-hybridized carbons (Fsp3) is 0.120. The first-order valence-corrected chi connectivity index (χ1v) is 10.6. The Hall–Kier alpha value is -3.97. The van der Waals surface area contributed by atoms with Gasteiger partial charge in [-0.2, -0.15) is 0 Å². The van der Waals surface area contributed by atoms with Crippen LogP contribution in [0.5, 0.6) is 0 Å². The normalized spacial score (nSPS) is 13.5. The summed E-state index contributed by atoms with van der Waals surface area (Å²) < 4.78 is 0. The van der Waals surface area contributed by atoms with Gasteiger partial charge in [-0.25, -0.2) is 0 Å². The van der Waals surface area contributed by atoms with Crippen molar-refractivity contribution in [1.82, 2.24) is 4.90 Å². The number of amides is 4. The summed E-state index contributed by atoms with van der Waals surface area (Å²) in [5, 5.41) is 3.03. The van der Waals surface area contributed by atoms with Crippen LogP contribution in [-0.2, 0) is 9.59 Å². The van der Waals surface area contributed by atoms with Crippen LogP contribution in [0, 0.1) is 0 Å². The standard InChI is InChI=1S/C25H20ClN3O4/c1-16(23(31)27-17-9-3-2-4-10-17)29(21-14-8-7-13-20(21)26)22(30)15-28-24(32)18-11-5-6-12-19(18)25(28)33/h2-14,16H,15H2,1H3,(H,27,31). The van der Waals surface area contributed by atoms with Crippen molar-refractivity contribution in [3.63, 3.8) is 0 Å². The molecule has 0 radical (unpaired) electrons. The van der Waals surface area contributed by atoms with E-state index in [0.29, 0.717) is 11.4 Å². The van der Waals surface area contributed by atoms with E-state index >= 15 is 0 Å². The Bertz CT molecular complexity index is 1210. The molecule has 0 fully saturated rings. The maximum atomic E-state index is 13.4. The molecule has 7 nitrogen and oxygen atoms in total. The molecule has 33 heavy (non-hydrogen) atoms. The van der Waals surface area contributed by atoms with E-state index in [4.69, 9.17) is 11.6 Å². The van der Waals surface area contributed by atoms with Crippen LogP contribution in [0.1, 0.15) is 27.6 Å². The molecule has 4 rings (SSSR count). The molecule has 8 heteroatoms. The minimum absolute atomic E-state index is 0.245. The van der Waals surface area contributed by atoms with E-state index in [1.165, 1.54) is 4.90 Å². The van der Waals surface area contributed by atoms with Crippen LogP contribution in [-0.4, -0.2) is 41.1 Å². The summed E-state index contributed by atoms with van der Waals surface area (Å²) in [6.07, 6.45) is 0. The number of hydrogen-bond acceptors (Lipinski definition) is 4. The molecule has 166 valence electrons. The second-order valence-electron chi connectivity index (χ2n) is 7.49. The van der Waals surface area contributed by atoms with Crippen molar-refractivity contribution in [2.24, 2.45) is 0 Å². The largest absolute Gasteiger partial charge is 0.324 e. The number of hydrogen-bond donors (Lipinski definition) is 1. The Morgan fingerprint density at radius 3 is 2.03 bits per heavy atom. The summed E-state index contributed by atoms with van der Waals surface area (Å²) in [4.78, 5) is 54.0. The summed E-state index contributed by atoms with van der Waals surface area (Å²) in [5.74, 6) is -2.17. The van der Waals surface area contributed by atoms with Crippen molar-refractivity contribution in [2.45, 2.75) is 13.0 Å². The molecule has 1 heterocycles. The highest BCUT2D eigenvalue weighted by atomic mass is 35.5. The summed E-state index contributed by atoms with van der Waals surface area (Å²) in [7, 11) is 0. The average Bonchev–Trinajstić information content (AvgIpc) is 3.06. The third kappa shape index (κ3) is 4.36. The lowest BCUT2D eigenvalue weighted by molar-refractivity contribution is -0.123. The van der Waals surface area contributed by atoms with Crippen molar-refractivity contribution in [3.8, 4) is 0 Å². The van der Waals surface area contributed by atoms with Gasteiger partial charge in [0.1, 0.15) is 12.6 Å². The summed E-state index contributed by atoms with van der Waals surface area (Å²) in [5.41, 5.74) is 1.36. The van der Waals surface area contributed by atoms with Gasteiger partial charge in [0.15, 0.2) is 0 Å². The number of fused-ring (bicyclic) bond motifs is 1. The number of nitrogens with one attached hydrogen (secondary N) is 1. The zero-order chi connectivity index (χ0) is 23.5. The quantitative estimate of drug-likeness (QED) is 0.562. The van der Waals surface area contributed by atoms with Crippen molar-refractivity contribution in [3.05, 3.63) is 95.0 Å². The highest BCUT2D eigenvalue weighted by Crippen LogP contribution is 2.29. The lowest BCUT2D eigenvalue weighted by atomic mass is 10.1. The number of para-hydroxylation sites is 2. The van der Waals surface area contributed by atoms with Gasteiger partial charge < -0.3 is 5.32 Å². The van der Waals surface area contributed by atoms with E-state index in [2.05, 4.69) is 5.32 Å². The Morgan fingerprint density at radius 1 is 0.879 bits per heavy atom. The van der Waals surface area contributed by atoms with E-state index in [-0.39, 0.29) is 16.1 Å². The Labute approximate surface area is 195 Å². The van der Waals surface area contributed by atoms with Gasteiger partial charge in [0.25, 0.3) is 11.8 Å². The fourth-order valence-corrected chi connectivity index (χ4v) is 3.91. The van der Waals surface area contributed by atoms with Gasteiger partial charge in [0.2, 0.25) is 11.8 Å². The van der Waals surface area contributed by atoms with Gasteiger partial charge in [-0.05, 0) is 43.3 Å². The molecule has 0 aliphatic carbocycles. The second-order valence-corrected chi connectivity index (χ2v) is 7.90. The van der Waals surface area contributed by atoms with E-state index < -0.39 is 36.2 Å². The zero-order valence-electron chi connectivity index (χ0n) is 17.7. The molecule has 3 aromatic rings. The van der Waals surface area contributed by atoms with Crippen LogP contribution >= 0.6 is 11.6 Å². The van der Waals surface area contributed by atoms with Gasteiger partial charge >= 0.3 is 0 Å². The van der Waals surface area contributed by atoms with Crippen LogP contribution in [0.15, 0.2) is 78.9 Å². The van der Waals surface area contributed by atoms with Gasteiger partial charge in [-0.1, -0.05) is 54.1 Å². The molecular formula is C25H20ClN3O4. The molecule has 0 saturated heterocycles. The highest BCUT2D eigenvalue weighted by Gasteiger charge is 2.39. The average molecular weight is 462 g/mol. The number of benzene rings is 3. The van der Waals surface area contributed by atoms with Crippen LogP contribution in [0.4, 0.5) is 11.4 Å². The minimum atomic E-state index is -0.979. The molecule has 1 unspecified atom stereocenters. The minimum Gasteiger partial charge on any atom is -0.324 e. The van der Waals surface area contributed by atoms with E-state index in [1.807, 2.05) is 6.07 Å². The Kier molecular flexibility index (Phi) is 6.24. The van der Waals surface area contributed by atoms with Gasteiger partial charge in [-0.3, -0.25) is 29.0 Å². The number of carbonyl (C=O) groups excluding carboxylic acids is 4. The predicted octanol–water partition coefficient (Wildman–Crippen LogP) is 4.00. The molecule has 1 aliphatic rings. The monoisotopic (exact) mass is 461 g/mol. The van der Waals surface area contributed by atoms with Crippen LogP contribution < -0.4 is 10.2 Å². The van der Waals surface area contributed by atoms with Gasteiger partial charge in [-0.15, -0.1) is 0 Å². The summed E-state index contributed by atoms with van der Waals surface area (Å²) >= 11 is 6.35. The first kappa shape index (κ1) is 22.2. The number of anilines is 2. The molecule has 1 aliphatic heterocycles. The lowest BCUT2D eigenvalue weighted by Gasteiger charge is -2.30. The highest BCUT2D eigenvalue weighted by molar-refractivity contribution is 6.34. The molecule has 0 saturated carbocycles. The SMILES string of the molecule is CC(C(=O)Nc1ccccc1)N(C(=O)CN1C(=O)c2ccccc2C1=O)c1ccccc1Cl. The first-order valence-electron chi connectivity index (χ1n) is 10.3. The molecule has 0 aromatic heterocycles. The molecule has 4 amide bonds. The predicted molar refractivity (Wildman–Crippen MR) is 125 cm³/mol. The lowest BCUT2D eigenvalue weighted by Crippen LogP contribution is -2.50. The number of imide groups is 1. The number of halogens is 1. The van der Waals surface area contributed by atoms with E-state index in [1.54, 1.807) is 79.7 Å². The number of rotatable bonds is 6. The van der Waals surface area contributed by atoms with Gasteiger partial charge in [0.05, 0.1) is 21.8 Å². The molecule has 1 atom stereocenters. The maximum absolute atomic E-state index is 13.4. The fourth-order valence-electron chi connectivity index (χ4n) is 3.69. The molecule has 1 N–H and O–H groups in total. The second kappa shape index (κ2) is 9.26. The molecule has 0 bridgehead atoms. The van der Waals surface area contributed by atoms with Crippen molar-refractivity contribution >= 4 is 46.6 Å². The van der Waals surface area contributed by atoms with Crippen molar-refractivity contribution in [2.75, 3.05) is 16.8 Å². The first-order chi connectivity index (χ1) is 15.9. The zero-order valence-corrected chi connectivity index (χ0v) is 18.5. The van der Waals surface area contributed by atoms with Crippen molar-refractivity contribution < 1.29 is 19.2 Å². The molecule has 0 spiro atoms. The molecule has 3 aromatic carbocycles. The van der Waals surface area contributed by atoms with Gasteiger partial charge in [0, 0.05) is 5.69 Å². The molecular weight excluding hydrogens is 442 g/mol. The van der Waals surface area contributed by atoms with Crippen molar-refractivity contribution in [1.29, 1.82) is 0 Å². The topological polar surface area (TPSA) is 86.8 Å². The Morgan fingerprint density at radius 2 is 1.42 bits per heavy atom. The van der Waals surface area contributed by atoms with Crippen LogP contribution in [0.25, 0.3) is 0 Å². The van der Waals surface area contributed by atoms with E-state index in [9.17, 15) is 19.2 Å². The summed E-state index contributed by atoms with van der Waals surface area (Å²) in [6.45, 7) is 1.03. The third-order valence-electron chi connectivity index (χ3n) is 5.36. The number of nitrogens with zero attached hydrogens (tertiary/aromatic N) is 2.